The number of thioether (sulfide) groups is 1. The first kappa shape index (κ1) is 12.6. The fourth-order valence-corrected chi connectivity index (χ4v) is 2.09. The highest BCUT2D eigenvalue weighted by Crippen LogP contribution is 2.15. The molecule has 0 aliphatic rings. The second-order valence-electron chi connectivity index (χ2n) is 3.40. The highest BCUT2D eigenvalue weighted by molar-refractivity contribution is 7.99. The van der Waals surface area contributed by atoms with Crippen molar-refractivity contribution >= 4 is 11.8 Å². The van der Waals surface area contributed by atoms with Crippen LogP contribution in [0.2, 0.25) is 0 Å². The zero-order valence-electron chi connectivity index (χ0n) is 9.15. The van der Waals surface area contributed by atoms with Gasteiger partial charge in [0.1, 0.15) is 0 Å². The number of nitrogens with one attached hydrogen (secondary N) is 1. The number of benzene rings is 1. The average molecular weight is 225 g/mol. The van der Waals surface area contributed by atoms with Gasteiger partial charge < -0.3 is 10.4 Å². The minimum atomic E-state index is 0.229. The molecule has 2 nitrogen and oxygen atoms in total. The second kappa shape index (κ2) is 7.74. The van der Waals surface area contributed by atoms with E-state index in [1.807, 2.05) is 17.8 Å². The van der Waals surface area contributed by atoms with E-state index in [2.05, 4.69) is 36.5 Å². The molecule has 0 aromatic heterocycles. The fraction of sp³-hybridized carbons (Fsp3) is 0.500. The van der Waals surface area contributed by atoms with E-state index in [0.717, 1.165) is 18.7 Å². The molecule has 1 aromatic carbocycles. The monoisotopic (exact) mass is 225 g/mol. The molecular weight excluding hydrogens is 206 g/mol. The first-order valence-electron chi connectivity index (χ1n) is 5.39. The van der Waals surface area contributed by atoms with E-state index >= 15 is 0 Å². The van der Waals surface area contributed by atoms with Gasteiger partial charge in [0.2, 0.25) is 0 Å². The third-order valence-electron chi connectivity index (χ3n) is 2.26. The van der Waals surface area contributed by atoms with Crippen molar-refractivity contribution in [1.82, 2.24) is 5.32 Å². The molecule has 0 amide bonds. The summed E-state index contributed by atoms with van der Waals surface area (Å²) in [4.78, 5) is 1.30. The summed E-state index contributed by atoms with van der Waals surface area (Å²) in [5.74, 6) is 1.04. The molecule has 2 N–H and O–H groups in total. The van der Waals surface area contributed by atoms with E-state index in [4.69, 9.17) is 5.11 Å². The standard InChI is InChI=1S/C12H19NOS/c1-2-11(10-14)13-8-9-15-12-6-4-3-5-7-12/h3-7,11,13-14H,2,8-10H2,1H3. The summed E-state index contributed by atoms with van der Waals surface area (Å²) in [6.45, 7) is 3.25. The van der Waals surface area contributed by atoms with Crippen LogP contribution in [0.3, 0.4) is 0 Å². The quantitative estimate of drug-likeness (QED) is 0.551. The molecular formula is C12H19NOS. The lowest BCUT2D eigenvalue weighted by Gasteiger charge is -2.13. The molecule has 0 saturated carbocycles. The summed E-state index contributed by atoms with van der Waals surface area (Å²) in [6.07, 6.45) is 0.979. The van der Waals surface area contributed by atoms with Crippen LogP contribution in [0.5, 0.6) is 0 Å². The van der Waals surface area contributed by atoms with Crippen LogP contribution >= 0.6 is 11.8 Å². The Morgan fingerprint density at radius 2 is 2.07 bits per heavy atom. The van der Waals surface area contributed by atoms with Gasteiger partial charge in [0.15, 0.2) is 0 Å². The van der Waals surface area contributed by atoms with Crippen molar-refractivity contribution in [2.75, 3.05) is 18.9 Å². The van der Waals surface area contributed by atoms with Gasteiger partial charge >= 0.3 is 0 Å². The van der Waals surface area contributed by atoms with Crippen molar-refractivity contribution in [2.45, 2.75) is 24.3 Å². The smallest absolute Gasteiger partial charge is 0.0584 e. The average Bonchev–Trinajstić information content (AvgIpc) is 2.31. The third kappa shape index (κ3) is 5.21. The van der Waals surface area contributed by atoms with Gasteiger partial charge in [-0.25, -0.2) is 0 Å². The Kier molecular flexibility index (Phi) is 6.48. The van der Waals surface area contributed by atoms with Crippen LogP contribution in [0.25, 0.3) is 0 Å². The molecule has 0 aliphatic carbocycles. The molecule has 0 saturated heterocycles. The summed E-state index contributed by atoms with van der Waals surface area (Å²) < 4.78 is 0. The first-order chi connectivity index (χ1) is 7.36. The summed E-state index contributed by atoms with van der Waals surface area (Å²) >= 11 is 1.84. The van der Waals surface area contributed by atoms with Gasteiger partial charge in [-0.2, -0.15) is 0 Å². The predicted molar refractivity (Wildman–Crippen MR) is 66.3 cm³/mol. The van der Waals surface area contributed by atoms with Gasteiger partial charge in [0.05, 0.1) is 6.61 Å². The molecule has 0 spiro atoms. The molecule has 1 unspecified atom stereocenters. The van der Waals surface area contributed by atoms with E-state index in [1.165, 1.54) is 4.90 Å². The number of rotatable bonds is 7. The van der Waals surface area contributed by atoms with Crippen LogP contribution in [0, 0.1) is 0 Å². The van der Waals surface area contributed by atoms with Crippen molar-refractivity contribution in [1.29, 1.82) is 0 Å². The normalized spacial score (nSPS) is 12.7. The summed E-state index contributed by atoms with van der Waals surface area (Å²) in [7, 11) is 0. The van der Waals surface area contributed by atoms with Crippen LogP contribution < -0.4 is 5.32 Å². The second-order valence-corrected chi connectivity index (χ2v) is 4.57. The van der Waals surface area contributed by atoms with Gasteiger partial charge in [0, 0.05) is 23.2 Å². The molecule has 0 heterocycles. The Morgan fingerprint density at radius 3 is 2.67 bits per heavy atom. The van der Waals surface area contributed by atoms with Gasteiger partial charge in [-0.05, 0) is 18.6 Å². The molecule has 1 rings (SSSR count). The Bertz CT molecular complexity index is 249. The predicted octanol–water partition coefficient (Wildman–Crippen LogP) is 2.14. The fourth-order valence-electron chi connectivity index (χ4n) is 1.29. The lowest BCUT2D eigenvalue weighted by Crippen LogP contribution is -2.33. The van der Waals surface area contributed by atoms with Crippen LogP contribution in [0.4, 0.5) is 0 Å². The van der Waals surface area contributed by atoms with Crippen LogP contribution in [-0.2, 0) is 0 Å². The van der Waals surface area contributed by atoms with Crippen molar-refractivity contribution < 1.29 is 5.11 Å². The van der Waals surface area contributed by atoms with E-state index in [9.17, 15) is 0 Å². The summed E-state index contributed by atoms with van der Waals surface area (Å²) in [6, 6.07) is 10.6. The lowest BCUT2D eigenvalue weighted by atomic mass is 10.2. The van der Waals surface area contributed by atoms with E-state index in [1.54, 1.807) is 0 Å². The molecule has 0 fully saturated rings. The highest BCUT2D eigenvalue weighted by Gasteiger charge is 2.01. The number of aliphatic hydroxyl groups is 1. The molecule has 3 heteroatoms. The van der Waals surface area contributed by atoms with Crippen LogP contribution in [0.15, 0.2) is 35.2 Å². The zero-order valence-corrected chi connectivity index (χ0v) is 9.96. The highest BCUT2D eigenvalue weighted by atomic mass is 32.2. The lowest BCUT2D eigenvalue weighted by molar-refractivity contribution is 0.241. The Balaban J connectivity index is 2.12. The summed E-state index contributed by atoms with van der Waals surface area (Å²) in [5.41, 5.74) is 0. The van der Waals surface area contributed by atoms with Gasteiger partial charge in [-0.1, -0.05) is 25.1 Å². The number of hydrogen-bond donors (Lipinski definition) is 2. The molecule has 1 atom stereocenters. The molecule has 0 aliphatic heterocycles. The number of hydrogen-bond acceptors (Lipinski definition) is 3. The zero-order chi connectivity index (χ0) is 10.9. The molecule has 1 aromatic rings. The molecule has 84 valence electrons. The maximum atomic E-state index is 8.97. The van der Waals surface area contributed by atoms with Crippen LogP contribution in [-0.4, -0.2) is 30.1 Å². The van der Waals surface area contributed by atoms with Crippen molar-refractivity contribution in [3.05, 3.63) is 30.3 Å². The maximum Gasteiger partial charge on any atom is 0.0584 e. The minimum Gasteiger partial charge on any atom is -0.395 e. The van der Waals surface area contributed by atoms with Crippen molar-refractivity contribution in [3.63, 3.8) is 0 Å². The Morgan fingerprint density at radius 1 is 1.33 bits per heavy atom. The van der Waals surface area contributed by atoms with E-state index < -0.39 is 0 Å². The Labute approximate surface area is 96.1 Å². The Hall–Kier alpha value is -0.510. The van der Waals surface area contributed by atoms with Crippen molar-refractivity contribution in [2.24, 2.45) is 0 Å². The van der Waals surface area contributed by atoms with Crippen molar-refractivity contribution in [3.8, 4) is 0 Å². The summed E-state index contributed by atoms with van der Waals surface area (Å²) in [5, 5.41) is 12.3. The number of aliphatic hydroxyl groups excluding tert-OH is 1. The maximum absolute atomic E-state index is 8.97. The third-order valence-corrected chi connectivity index (χ3v) is 3.27. The first-order valence-corrected chi connectivity index (χ1v) is 6.37. The van der Waals surface area contributed by atoms with Crippen LogP contribution in [0.1, 0.15) is 13.3 Å². The largest absolute Gasteiger partial charge is 0.395 e. The topological polar surface area (TPSA) is 32.3 Å². The van der Waals surface area contributed by atoms with E-state index in [0.29, 0.717) is 0 Å². The molecule has 0 bridgehead atoms. The SMILES string of the molecule is CCC(CO)NCCSc1ccccc1. The molecule has 0 radical (unpaired) electrons. The van der Waals surface area contributed by atoms with Gasteiger partial charge in [-0.3, -0.25) is 0 Å². The minimum absolute atomic E-state index is 0.229. The van der Waals surface area contributed by atoms with E-state index in [-0.39, 0.29) is 12.6 Å². The van der Waals surface area contributed by atoms with Gasteiger partial charge in [-0.15, -0.1) is 11.8 Å². The van der Waals surface area contributed by atoms with Gasteiger partial charge in [0.25, 0.3) is 0 Å². The molecule has 15 heavy (non-hydrogen) atoms.